The molecule has 0 bridgehead atoms. The van der Waals surface area contributed by atoms with Crippen LogP contribution in [0.1, 0.15) is 22.1 Å². The summed E-state index contributed by atoms with van der Waals surface area (Å²) in [6.45, 7) is -0.0326. The van der Waals surface area contributed by atoms with Crippen LogP contribution in [0.25, 0.3) is 11.2 Å². The number of nitrogens with one attached hydrogen (secondary N) is 1. The highest BCUT2D eigenvalue weighted by Gasteiger charge is 2.44. The number of hydrogen-bond acceptors (Lipinski definition) is 9. The van der Waals surface area contributed by atoms with Crippen molar-refractivity contribution in [2.24, 2.45) is 0 Å². The lowest BCUT2D eigenvalue weighted by Gasteiger charge is -2.16. The predicted molar refractivity (Wildman–Crippen MR) is 102 cm³/mol. The van der Waals surface area contributed by atoms with Gasteiger partial charge in [0.25, 0.3) is 0 Å². The third-order valence-electron chi connectivity index (χ3n) is 4.76. The zero-order valence-corrected chi connectivity index (χ0v) is 15.8. The van der Waals surface area contributed by atoms with Gasteiger partial charge in [-0.25, -0.2) is 4.98 Å². The number of aliphatic hydroxyl groups is 3. The van der Waals surface area contributed by atoms with Crippen LogP contribution in [0.2, 0.25) is 5.28 Å². The lowest BCUT2D eigenvalue weighted by Crippen LogP contribution is -2.33. The lowest BCUT2D eigenvalue weighted by atomic mass is 10.1. The van der Waals surface area contributed by atoms with Gasteiger partial charge in [-0.3, -0.25) is 9.36 Å². The first kappa shape index (κ1) is 19.7. The molecule has 4 atom stereocenters. The number of ether oxygens (including phenoxy) is 1. The zero-order chi connectivity index (χ0) is 20.5. The Hall–Kier alpha value is -2.63. The number of hydrogen-bond donors (Lipinski definition) is 4. The number of halogens is 1. The highest BCUT2D eigenvalue weighted by atomic mass is 35.5. The standard InChI is InChI=1S/C18H18ClN5O5/c19-18-22-15(20-5-9-1-3-10(6-25)4-2-9)12-16(23-18)24(8-21-12)17-14(28)13(27)11(7-26)29-17/h1-4,6,8,11,13-14,17,26-28H,5,7H2,(H,20,22,23). The average Bonchev–Trinajstić information content (AvgIpc) is 3.27. The fourth-order valence-corrected chi connectivity index (χ4v) is 3.37. The third-order valence-corrected chi connectivity index (χ3v) is 4.93. The van der Waals surface area contributed by atoms with E-state index in [4.69, 9.17) is 16.3 Å². The van der Waals surface area contributed by atoms with Crippen LogP contribution in [0.3, 0.4) is 0 Å². The Morgan fingerprint density at radius 1 is 1.21 bits per heavy atom. The van der Waals surface area contributed by atoms with Gasteiger partial charge in [-0.05, 0) is 17.2 Å². The molecule has 0 aliphatic carbocycles. The topological polar surface area (TPSA) is 143 Å². The molecule has 11 heteroatoms. The number of aldehydes is 1. The van der Waals surface area contributed by atoms with Crippen LogP contribution < -0.4 is 5.32 Å². The Labute approximate surface area is 169 Å². The van der Waals surface area contributed by atoms with Gasteiger partial charge in [0.2, 0.25) is 5.28 Å². The van der Waals surface area contributed by atoms with E-state index in [-0.39, 0.29) is 5.28 Å². The Morgan fingerprint density at radius 3 is 2.62 bits per heavy atom. The van der Waals surface area contributed by atoms with Crippen molar-refractivity contribution in [1.29, 1.82) is 0 Å². The SMILES string of the molecule is O=Cc1ccc(CNc2nc(Cl)nc3c2ncn3C2OC(CO)C(O)C2O)cc1. The summed E-state index contributed by atoms with van der Waals surface area (Å²) < 4.78 is 6.98. The Balaban J connectivity index is 1.62. The number of aliphatic hydroxyl groups excluding tert-OH is 3. The first-order chi connectivity index (χ1) is 14.0. The van der Waals surface area contributed by atoms with E-state index < -0.39 is 31.1 Å². The van der Waals surface area contributed by atoms with Crippen molar-refractivity contribution in [3.8, 4) is 0 Å². The van der Waals surface area contributed by atoms with Crippen LogP contribution in [0.15, 0.2) is 30.6 Å². The number of fused-ring (bicyclic) bond motifs is 1. The van der Waals surface area contributed by atoms with E-state index >= 15 is 0 Å². The first-order valence-corrected chi connectivity index (χ1v) is 9.20. The number of aromatic nitrogens is 4. The van der Waals surface area contributed by atoms with Gasteiger partial charge >= 0.3 is 0 Å². The summed E-state index contributed by atoms with van der Waals surface area (Å²) in [5.74, 6) is 0.380. The number of carbonyl (C=O) groups excluding carboxylic acids is 1. The maximum absolute atomic E-state index is 10.8. The van der Waals surface area contributed by atoms with E-state index in [1.165, 1.54) is 10.9 Å². The molecular weight excluding hydrogens is 402 g/mol. The van der Waals surface area contributed by atoms with Crippen molar-refractivity contribution < 1.29 is 24.9 Å². The highest BCUT2D eigenvalue weighted by molar-refractivity contribution is 6.28. The van der Waals surface area contributed by atoms with Gasteiger partial charge < -0.3 is 25.4 Å². The fourth-order valence-electron chi connectivity index (χ4n) is 3.21. The number of carbonyl (C=O) groups is 1. The normalized spacial score (nSPS) is 24.1. The molecule has 3 aromatic rings. The smallest absolute Gasteiger partial charge is 0.226 e. The zero-order valence-electron chi connectivity index (χ0n) is 15.0. The maximum Gasteiger partial charge on any atom is 0.226 e. The molecule has 1 aliphatic rings. The molecule has 29 heavy (non-hydrogen) atoms. The lowest BCUT2D eigenvalue weighted by molar-refractivity contribution is -0.0511. The number of anilines is 1. The van der Waals surface area contributed by atoms with Crippen molar-refractivity contribution >= 4 is 34.9 Å². The summed E-state index contributed by atoms with van der Waals surface area (Å²) in [6, 6.07) is 7.05. The van der Waals surface area contributed by atoms with E-state index in [0.717, 1.165) is 11.8 Å². The molecule has 4 unspecified atom stereocenters. The number of nitrogens with zero attached hydrogens (tertiary/aromatic N) is 4. The molecule has 1 saturated heterocycles. The van der Waals surface area contributed by atoms with Crippen LogP contribution >= 0.6 is 11.6 Å². The van der Waals surface area contributed by atoms with Crippen molar-refractivity contribution in [3.05, 3.63) is 47.0 Å². The molecule has 0 saturated carbocycles. The van der Waals surface area contributed by atoms with Gasteiger partial charge in [0.05, 0.1) is 12.9 Å². The van der Waals surface area contributed by atoms with E-state index in [0.29, 0.717) is 29.1 Å². The van der Waals surface area contributed by atoms with Crippen LogP contribution in [0, 0.1) is 0 Å². The molecule has 3 heterocycles. The summed E-state index contributed by atoms with van der Waals surface area (Å²) in [5.41, 5.74) is 2.20. The van der Waals surface area contributed by atoms with Crippen molar-refractivity contribution in [2.75, 3.05) is 11.9 Å². The molecule has 1 fully saturated rings. The monoisotopic (exact) mass is 419 g/mol. The van der Waals surface area contributed by atoms with Crippen LogP contribution in [-0.4, -0.2) is 66.0 Å². The second-order valence-corrected chi connectivity index (χ2v) is 6.95. The molecule has 4 N–H and O–H groups in total. The van der Waals surface area contributed by atoms with Crippen LogP contribution in [-0.2, 0) is 11.3 Å². The van der Waals surface area contributed by atoms with E-state index in [2.05, 4.69) is 20.3 Å². The quantitative estimate of drug-likeness (QED) is 0.332. The molecule has 1 aliphatic heterocycles. The summed E-state index contributed by atoms with van der Waals surface area (Å²) >= 11 is 6.07. The first-order valence-electron chi connectivity index (χ1n) is 8.82. The predicted octanol–water partition coefficient (Wildman–Crippen LogP) is 0.516. The van der Waals surface area contributed by atoms with Crippen LogP contribution in [0.5, 0.6) is 0 Å². The highest BCUT2D eigenvalue weighted by Crippen LogP contribution is 2.32. The summed E-state index contributed by atoms with van der Waals surface area (Å²) in [4.78, 5) is 23.4. The molecule has 152 valence electrons. The molecule has 4 rings (SSSR count). The van der Waals surface area contributed by atoms with Gasteiger partial charge in [0.15, 0.2) is 23.2 Å². The molecule has 0 spiro atoms. The summed E-state index contributed by atoms with van der Waals surface area (Å²) in [6.07, 6.45) is -2.24. The number of imidazole rings is 1. The largest absolute Gasteiger partial charge is 0.394 e. The minimum Gasteiger partial charge on any atom is -0.394 e. The van der Waals surface area contributed by atoms with Crippen molar-refractivity contribution in [1.82, 2.24) is 19.5 Å². The second kappa shape index (κ2) is 8.01. The second-order valence-electron chi connectivity index (χ2n) is 6.61. The van der Waals surface area contributed by atoms with Gasteiger partial charge in [-0.2, -0.15) is 9.97 Å². The third kappa shape index (κ3) is 3.68. The van der Waals surface area contributed by atoms with Crippen molar-refractivity contribution in [2.45, 2.75) is 31.1 Å². The van der Waals surface area contributed by atoms with E-state index in [9.17, 15) is 20.1 Å². The molecule has 1 aromatic carbocycles. The Bertz CT molecular complexity index is 1030. The molecule has 0 radical (unpaired) electrons. The van der Waals surface area contributed by atoms with Gasteiger partial charge in [-0.15, -0.1) is 0 Å². The average molecular weight is 420 g/mol. The fraction of sp³-hybridized carbons (Fsp3) is 0.333. The molecular formula is C18H18ClN5O5. The minimum absolute atomic E-state index is 0.0372. The van der Waals surface area contributed by atoms with Gasteiger partial charge in [0.1, 0.15) is 24.6 Å². The molecule has 10 nitrogen and oxygen atoms in total. The molecule has 2 aromatic heterocycles. The minimum atomic E-state index is -1.27. The Morgan fingerprint density at radius 2 is 1.97 bits per heavy atom. The van der Waals surface area contributed by atoms with Crippen molar-refractivity contribution in [3.63, 3.8) is 0 Å². The van der Waals surface area contributed by atoms with Gasteiger partial charge in [-0.1, -0.05) is 24.3 Å². The summed E-state index contributed by atoms with van der Waals surface area (Å²) in [5, 5.41) is 32.6. The molecule has 0 amide bonds. The van der Waals surface area contributed by atoms with E-state index in [1.807, 2.05) is 12.1 Å². The van der Waals surface area contributed by atoms with E-state index in [1.54, 1.807) is 12.1 Å². The van der Waals surface area contributed by atoms with Crippen LogP contribution in [0.4, 0.5) is 5.82 Å². The number of rotatable bonds is 6. The van der Waals surface area contributed by atoms with Gasteiger partial charge in [0, 0.05) is 12.1 Å². The maximum atomic E-state index is 10.8. The summed E-state index contributed by atoms with van der Waals surface area (Å²) in [7, 11) is 0. The Kier molecular flexibility index (Phi) is 5.43. The number of benzene rings is 1.